The van der Waals surface area contributed by atoms with Crippen LogP contribution in [-0.4, -0.2) is 24.7 Å². The van der Waals surface area contributed by atoms with Gasteiger partial charge in [0.25, 0.3) is 0 Å². The first-order valence-electron chi connectivity index (χ1n) is 4.91. The van der Waals surface area contributed by atoms with Gasteiger partial charge in [-0.05, 0) is 25.2 Å². The van der Waals surface area contributed by atoms with Crippen molar-refractivity contribution in [3.8, 4) is 11.8 Å². The molecule has 16 heavy (non-hydrogen) atoms. The first kappa shape index (κ1) is 12.1. The topological polar surface area (TPSA) is 75.3 Å². The largest absolute Gasteiger partial charge is 0.478 e. The van der Waals surface area contributed by atoms with Gasteiger partial charge in [0.1, 0.15) is 0 Å². The Bertz CT molecular complexity index is 444. The van der Waals surface area contributed by atoms with E-state index in [0.717, 1.165) is 6.54 Å². The number of carboxylic acids is 1. The predicted octanol–water partition coefficient (Wildman–Crippen LogP) is 0.928. The highest BCUT2D eigenvalue weighted by molar-refractivity contribution is 5.88. The molecule has 0 saturated heterocycles. The number of nitrogens with one attached hydrogen (secondary N) is 1. The number of hydrogen-bond donors (Lipinski definition) is 3. The van der Waals surface area contributed by atoms with Gasteiger partial charge in [0.05, 0.1) is 5.56 Å². The molecule has 1 rings (SSSR count). The second-order valence-corrected chi connectivity index (χ2v) is 3.26. The summed E-state index contributed by atoms with van der Waals surface area (Å²) in [6, 6.07) is 4.52. The van der Waals surface area contributed by atoms with Crippen molar-refractivity contribution in [1.29, 1.82) is 0 Å². The maximum atomic E-state index is 10.7. The smallest absolute Gasteiger partial charge is 0.335 e. The van der Waals surface area contributed by atoms with E-state index in [4.69, 9.17) is 10.8 Å². The lowest BCUT2D eigenvalue weighted by Crippen LogP contribution is -2.06. The number of nitrogens with two attached hydrogens (primary N) is 1. The SMILES string of the molecule is CNCCC#Cc1cc(C(=O)O)ccc1N. The first-order chi connectivity index (χ1) is 7.65. The van der Waals surface area contributed by atoms with Crippen molar-refractivity contribution >= 4 is 11.7 Å². The molecule has 0 heterocycles. The number of anilines is 1. The molecule has 0 unspecified atom stereocenters. The van der Waals surface area contributed by atoms with Crippen molar-refractivity contribution in [2.45, 2.75) is 6.42 Å². The van der Waals surface area contributed by atoms with E-state index in [1.807, 2.05) is 7.05 Å². The molecule has 0 fully saturated rings. The molecule has 0 amide bonds. The van der Waals surface area contributed by atoms with Gasteiger partial charge < -0.3 is 16.2 Å². The summed E-state index contributed by atoms with van der Waals surface area (Å²) in [6.07, 6.45) is 0.702. The number of hydrogen-bond acceptors (Lipinski definition) is 3. The third-order valence-corrected chi connectivity index (χ3v) is 2.02. The van der Waals surface area contributed by atoms with Crippen LogP contribution in [0.15, 0.2) is 18.2 Å². The normalized spacial score (nSPS) is 9.31. The molecule has 4 heteroatoms. The summed E-state index contributed by atoms with van der Waals surface area (Å²) in [7, 11) is 1.85. The minimum Gasteiger partial charge on any atom is -0.478 e. The van der Waals surface area contributed by atoms with Gasteiger partial charge in [-0.3, -0.25) is 0 Å². The van der Waals surface area contributed by atoms with E-state index in [9.17, 15) is 4.79 Å². The van der Waals surface area contributed by atoms with Crippen LogP contribution < -0.4 is 11.1 Å². The van der Waals surface area contributed by atoms with Crippen LogP contribution in [-0.2, 0) is 0 Å². The van der Waals surface area contributed by atoms with E-state index >= 15 is 0 Å². The zero-order chi connectivity index (χ0) is 12.0. The van der Waals surface area contributed by atoms with E-state index in [2.05, 4.69) is 17.2 Å². The Kier molecular flexibility index (Phi) is 4.37. The maximum absolute atomic E-state index is 10.7. The lowest BCUT2D eigenvalue weighted by Gasteiger charge is -1.99. The summed E-state index contributed by atoms with van der Waals surface area (Å²) in [4.78, 5) is 10.7. The van der Waals surface area contributed by atoms with E-state index in [1.54, 1.807) is 6.07 Å². The lowest BCUT2D eigenvalue weighted by molar-refractivity contribution is 0.0697. The fraction of sp³-hybridized carbons (Fsp3) is 0.250. The molecule has 0 aliphatic heterocycles. The van der Waals surface area contributed by atoms with Gasteiger partial charge in [0.2, 0.25) is 0 Å². The van der Waals surface area contributed by atoms with Crippen LogP contribution in [0.25, 0.3) is 0 Å². The van der Waals surface area contributed by atoms with Crippen molar-refractivity contribution in [1.82, 2.24) is 5.32 Å². The number of rotatable bonds is 3. The van der Waals surface area contributed by atoms with Crippen LogP contribution in [0.5, 0.6) is 0 Å². The number of benzene rings is 1. The van der Waals surface area contributed by atoms with Crippen molar-refractivity contribution in [3.63, 3.8) is 0 Å². The van der Waals surface area contributed by atoms with E-state index in [0.29, 0.717) is 17.7 Å². The van der Waals surface area contributed by atoms with Crippen molar-refractivity contribution in [2.24, 2.45) is 0 Å². The second kappa shape index (κ2) is 5.79. The van der Waals surface area contributed by atoms with Crippen molar-refractivity contribution < 1.29 is 9.90 Å². The van der Waals surface area contributed by atoms with Crippen LogP contribution in [0.1, 0.15) is 22.3 Å². The van der Waals surface area contributed by atoms with Crippen LogP contribution >= 0.6 is 0 Å². The van der Waals surface area contributed by atoms with Gasteiger partial charge in [-0.25, -0.2) is 4.79 Å². The van der Waals surface area contributed by atoms with Gasteiger partial charge >= 0.3 is 5.97 Å². The van der Waals surface area contributed by atoms with Gasteiger partial charge in [0.15, 0.2) is 0 Å². The fourth-order valence-electron chi connectivity index (χ4n) is 1.14. The minimum absolute atomic E-state index is 0.201. The molecule has 0 radical (unpaired) electrons. The molecule has 1 aromatic rings. The monoisotopic (exact) mass is 218 g/mol. The highest BCUT2D eigenvalue weighted by atomic mass is 16.4. The summed E-state index contributed by atoms with van der Waals surface area (Å²) in [5, 5.41) is 11.8. The van der Waals surface area contributed by atoms with Gasteiger partial charge in [0, 0.05) is 24.2 Å². The molecule has 0 aliphatic carbocycles. The molecule has 0 spiro atoms. The van der Waals surface area contributed by atoms with E-state index < -0.39 is 5.97 Å². The minimum atomic E-state index is -0.974. The fourth-order valence-corrected chi connectivity index (χ4v) is 1.14. The maximum Gasteiger partial charge on any atom is 0.335 e. The molecule has 84 valence electrons. The van der Waals surface area contributed by atoms with E-state index in [-0.39, 0.29) is 5.56 Å². The summed E-state index contributed by atoms with van der Waals surface area (Å²) in [6.45, 7) is 0.797. The van der Waals surface area contributed by atoms with Crippen LogP contribution in [0.4, 0.5) is 5.69 Å². The summed E-state index contributed by atoms with van der Waals surface area (Å²) in [5.74, 6) is 4.81. The number of carbonyl (C=O) groups is 1. The summed E-state index contributed by atoms with van der Waals surface area (Å²) in [5.41, 5.74) is 6.96. The Hall–Kier alpha value is -1.99. The number of aromatic carboxylic acids is 1. The third kappa shape index (κ3) is 3.30. The van der Waals surface area contributed by atoms with Gasteiger partial charge in [-0.1, -0.05) is 11.8 Å². The number of nitrogen functional groups attached to an aromatic ring is 1. The second-order valence-electron chi connectivity index (χ2n) is 3.26. The van der Waals surface area contributed by atoms with Gasteiger partial charge in [-0.2, -0.15) is 0 Å². The summed E-state index contributed by atoms with van der Waals surface area (Å²) >= 11 is 0. The van der Waals surface area contributed by atoms with E-state index in [1.165, 1.54) is 12.1 Å². The standard InChI is InChI=1S/C12H14N2O2/c1-14-7-3-2-4-9-8-10(12(15)16)5-6-11(9)13/h5-6,8,14H,3,7,13H2,1H3,(H,15,16). The summed E-state index contributed by atoms with van der Waals surface area (Å²) < 4.78 is 0. The molecule has 4 nitrogen and oxygen atoms in total. The average Bonchev–Trinajstić information content (AvgIpc) is 2.26. The lowest BCUT2D eigenvalue weighted by atomic mass is 10.1. The Morgan fingerprint density at radius 3 is 2.94 bits per heavy atom. The Morgan fingerprint density at radius 2 is 2.31 bits per heavy atom. The molecular weight excluding hydrogens is 204 g/mol. The predicted molar refractivity (Wildman–Crippen MR) is 63.2 cm³/mol. The Balaban J connectivity index is 2.88. The molecule has 1 aromatic carbocycles. The Labute approximate surface area is 94.5 Å². The van der Waals surface area contributed by atoms with Crippen molar-refractivity contribution in [2.75, 3.05) is 19.3 Å². The Morgan fingerprint density at radius 1 is 1.56 bits per heavy atom. The molecule has 0 aliphatic rings. The molecular formula is C12H14N2O2. The van der Waals surface area contributed by atoms with Crippen LogP contribution in [0, 0.1) is 11.8 Å². The average molecular weight is 218 g/mol. The molecule has 0 aromatic heterocycles. The number of carboxylic acid groups (broad SMARTS) is 1. The zero-order valence-electron chi connectivity index (χ0n) is 9.08. The van der Waals surface area contributed by atoms with Crippen molar-refractivity contribution in [3.05, 3.63) is 29.3 Å². The first-order valence-corrected chi connectivity index (χ1v) is 4.91. The quantitative estimate of drug-likeness (QED) is 0.401. The highest BCUT2D eigenvalue weighted by Crippen LogP contribution is 2.12. The van der Waals surface area contributed by atoms with Crippen LogP contribution in [0.2, 0.25) is 0 Å². The third-order valence-electron chi connectivity index (χ3n) is 2.02. The molecule has 0 atom stereocenters. The van der Waals surface area contributed by atoms with Crippen LogP contribution in [0.3, 0.4) is 0 Å². The zero-order valence-corrected chi connectivity index (χ0v) is 9.08. The molecule has 4 N–H and O–H groups in total. The molecule has 0 bridgehead atoms. The molecule has 0 saturated carbocycles. The highest BCUT2D eigenvalue weighted by Gasteiger charge is 2.04. The van der Waals surface area contributed by atoms with Gasteiger partial charge in [-0.15, -0.1) is 0 Å².